The maximum absolute atomic E-state index is 12.1. The zero-order valence-corrected chi connectivity index (χ0v) is 10.8. The number of hydrogen-bond acceptors (Lipinski definition) is 4. The first-order valence-corrected chi connectivity index (χ1v) is 6.77. The second-order valence-electron chi connectivity index (χ2n) is 4.08. The number of carbonyl (C=O) groups is 2. The summed E-state index contributed by atoms with van der Waals surface area (Å²) in [6.45, 7) is 4.95. The molecule has 1 saturated heterocycles. The van der Waals surface area contributed by atoms with E-state index in [9.17, 15) is 9.59 Å². The van der Waals surface area contributed by atoms with Crippen molar-refractivity contribution in [3.63, 3.8) is 0 Å². The van der Waals surface area contributed by atoms with Crippen molar-refractivity contribution >= 4 is 28.3 Å². The maximum atomic E-state index is 12.1. The zero-order valence-electron chi connectivity index (χ0n) is 10.0. The number of anilines is 1. The summed E-state index contributed by atoms with van der Waals surface area (Å²) in [4.78, 5) is 29.1. The van der Waals surface area contributed by atoms with Gasteiger partial charge in [-0.3, -0.25) is 14.9 Å². The number of nitrogens with zero attached hydrogens (tertiary/aromatic N) is 2. The van der Waals surface area contributed by atoms with Gasteiger partial charge in [-0.1, -0.05) is 6.58 Å². The highest BCUT2D eigenvalue weighted by atomic mass is 32.1. The monoisotopic (exact) mass is 265 g/mol. The van der Waals surface area contributed by atoms with Gasteiger partial charge in [-0.05, 0) is 25.3 Å². The predicted octanol–water partition coefficient (Wildman–Crippen LogP) is 1.89. The SMILES string of the molecule is C=CC(=O)Nc1nc(C(=O)N2CCCCC2)cs1. The first kappa shape index (κ1) is 12.8. The largest absolute Gasteiger partial charge is 0.337 e. The highest BCUT2D eigenvalue weighted by Crippen LogP contribution is 2.18. The fourth-order valence-corrected chi connectivity index (χ4v) is 2.53. The van der Waals surface area contributed by atoms with Crippen LogP contribution < -0.4 is 5.32 Å². The number of carbonyl (C=O) groups excluding carboxylic acids is 2. The quantitative estimate of drug-likeness (QED) is 0.849. The van der Waals surface area contributed by atoms with Crippen LogP contribution in [0.4, 0.5) is 5.13 Å². The van der Waals surface area contributed by atoms with E-state index in [0.29, 0.717) is 10.8 Å². The van der Waals surface area contributed by atoms with E-state index in [1.54, 1.807) is 5.38 Å². The van der Waals surface area contributed by atoms with E-state index < -0.39 is 0 Å². The lowest BCUT2D eigenvalue weighted by molar-refractivity contribution is -0.111. The van der Waals surface area contributed by atoms with Crippen LogP contribution in [0.3, 0.4) is 0 Å². The summed E-state index contributed by atoms with van der Waals surface area (Å²) in [7, 11) is 0. The van der Waals surface area contributed by atoms with E-state index in [2.05, 4.69) is 16.9 Å². The standard InChI is InChI=1S/C12H15N3O2S/c1-2-10(16)14-12-13-9(8-18-12)11(17)15-6-4-3-5-7-15/h2,8H,1,3-7H2,(H,13,14,16). The number of aromatic nitrogens is 1. The number of piperidine rings is 1. The van der Waals surface area contributed by atoms with Crippen LogP contribution in [0.1, 0.15) is 29.8 Å². The summed E-state index contributed by atoms with van der Waals surface area (Å²) in [6, 6.07) is 0. The molecule has 0 radical (unpaired) electrons. The van der Waals surface area contributed by atoms with Crippen molar-refractivity contribution in [1.82, 2.24) is 9.88 Å². The second kappa shape index (κ2) is 5.77. The Labute approximate surface area is 110 Å². The van der Waals surface area contributed by atoms with E-state index in [1.165, 1.54) is 23.8 Å². The van der Waals surface area contributed by atoms with Gasteiger partial charge >= 0.3 is 0 Å². The third kappa shape index (κ3) is 2.95. The van der Waals surface area contributed by atoms with Gasteiger partial charge in [0.25, 0.3) is 5.91 Å². The van der Waals surface area contributed by atoms with Crippen LogP contribution in [0, 0.1) is 0 Å². The summed E-state index contributed by atoms with van der Waals surface area (Å²) < 4.78 is 0. The van der Waals surface area contributed by atoms with Crippen molar-refractivity contribution in [2.75, 3.05) is 18.4 Å². The Morgan fingerprint density at radius 3 is 2.78 bits per heavy atom. The first-order chi connectivity index (χ1) is 8.70. The molecule has 6 heteroatoms. The van der Waals surface area contributed by atoms with Crippen molar-refractivity contribution < 1.29 is 9.59 Å². The predicted molar refractivity (Wildman–Crippen MR) is 70.7 cm³/mol. The van der Waals surface area contributed by atoms with Crippen LogP contribution in [-0.4, -0.2) is 34.8 Å². The summed E-state index contributed by atoms with van der Waals surface area (Å²) in [6.07, 6.45) is 4.46. The highest BCUT2D eigenvalue weighted by molar-refractivity contribution is 7.14. The molecule has 1 fully saturated rings. The Hall–Kier alpha value is -1.69. The lowest BCUT2D eigenvalue weighted by Gasteiger charge is -2.25. The molecule has 5 nitrogen and oxygen atoms in total. The van der Waals surface area contributed by atoms with Gasteiger partial charge < -0.3 is 4.90 Å². The van der Waals surface area contributed by atoms with E-state index >= 15 is 0 Å². The molecule has 1 aromatic heterocycles. The molecule has 0 aliphatic carbocycles. The number of rotatable bonds is 3. The molecule has 0 saturated carbocycles. The molecule has 2 heterocycles. The van der Waals surface area contributed by atoms with Gasteiger partial charge in [-0.2, -0.15) is 0 Å². The average Bonchev–Trinajstić information content (AvgIpc) is 2.87. The van der Waals surface area contributed by atoms with E-state index in [-0.39, 0.29) is 11.8 Å². The van der Waals surface area contributed by atoms with Crippen LogP contribution in [0.15, 0.2) is 18.0 Å². The van der Waals surface area contributed by atoms with Gasteiger partial charge in [0.2, 0.25) is 5.91 Å². The Balaban J connectivity index is 2.02. The molecule has 1 aliphatic heterocycles. The smallest absolute Gasteiger partial charge is 0.273 e. The second-order valence-corrected chi connectivity index (χ2v) is 4.94. The molecule has 0 aromatic carbocycles. The molecule has 0 atom stereocenters. The molecule has 0 bridgehead atoms. The molecule has 0 unspecified atom stereocenters. The van der Waals surface area contributed by atoms with Crippen LogP contribution in [0.5, 0.6) is 0 Å². The number of amides is 2. The van der Waals surface area contributed by atoms with Crippen molar-refractivity contribution in [1.29, 1.82) is 0 Å². The minimum absolute atomic E-state index is 0.0509. The van der Waals surface area contributed by atoms with Crippen LogP contribution in [0.25, 0.3) is 0 Å². The average molecular weight is 265 g/mol. The molecule has 96 valence electrons. The van der Waals surface area contributed by atoms with E-state index in [4.69, 9.17) is 0 Å². The van der Waals surface area contributed by atoms with E-state index in [1.807, 2.05) is 4.90 Å². The highest BCUT2D eigenvalue weighted by Gasteiger charge is 2.20. The Morgan fingerprint density at radius 1 is 1.39 bits per heavy atom. The summed E-state index contributed by atoms with van der Waals surface area (Å²) in [5, 5.41) is 4.66. The van der Waals surface area contributed by atoms with Crippen molar-refractivity contribution in [3.8, 4) is 0 Å². The summed E-state index contributed by atoms with van der Waals surface area (Å²) in [5.41, 5.74) is 0.404. The fourth-order valence-electron chi connectivity index (χ4n) is 1.84. The van der Waals surface area contributed by atoms with Crippen LogP contribution in [-0.2, 0) is 4.79 Å². The number of hydrogen-bond donors (Lipinski definition) is 1. The zero-order chi connectivity index (χ0) is 13.0. The first-order valence-electron chi connectivity index (χ1n) is 5.89. The Morgan fingerprint density at radius 2 is 2.11 bits per heavy atom. The Kier molecular flexibility index (Phi) is 4.09. The van der Waals surface area contributed by atoms with Gasteiger partial charge in [0.05, 0.1) is 0 Å². The third-order valence-electron chi connectivity index (χ3n) is 2.78. The van der Waals surface area contributed by atoms with Gasteiger partial charge in [0, 0.05) is 18.5 Å². The minimum Gasteiger partial charge on any atom is -0.337 e. The van der Waals surface area contributed by atoms with Crippen LogP contribution in [0.2, 0.25) is 0 Å². The van der Waals surface area contributed by atoms with Crippen molar-refractivity contribution in [2.24, 2.45) is 0 Å². The fraction of sp³-hybridized carbons (Fsp3) is 0.417. The Bertz CT molecular complexity index is 464. The van der Waals surface area contributed by atoms with Gasteiger partial charge in [0.1, 0.15) is 5.69 Å². The van der Waals surface area contributed by atoms with Gasteiger partial charge in [-0.25, -0.2) is 4.98 Å². The summed E-state index contributed by atoms with van der Waals surface area (Å²) >= 11 is 1.25. The number of likely N-dealkylation sites (tertiary alicyclic amines) is 1. The molecule has 2 amide bonds. The molecule has 0 spiro atoms. The molecule has 1 aliphatic rings. The van der Waals surface area contributed by atoms with E-state index in [0.717, 1.165) is 25.9 Å². The minimum atomic E-state index is -0.318. The van der Waals surface area contributed by atoms with Gasteiger partial charge in [-0.15, -0.1) is 11.3 Å². The molecular weight excluding hydrogens is 250 g/mol. The topological polar surface area (TPSA) is 62.3 Å². The molecule has 2 rings (SSSR count). The number of nitrogens with one attached hydrogen (secondary N) is 1. The van der Waals surface area contributed by atoms with Crippen molar-refractivity contribution in [2.45, 2.75) is 19.3 Å². The lowest BCUT2D eigenvalue weighted by Crippen LogP contribution is -2.35. The summed E-state index contributed by atoms with van der Waals surface area (Å²) in [5.74, 6) is -0.369. The van der Waals surface area contributed by atoms with Crippen LogP contribution >= 0.6 is 11.3 Å². The normalized spacial score (nSPS) is 15.2. The maximum Gasteiger partial charge on any atom is 0.273 e. The molecule has 1 aromatic rings. The van der Waals surface area contributed by atoms with Gasteiger partial charge in [0.15, 0.2) is 5.13 Å². The third-order valence-corrected chi connectivity index (χ3v) is 3.54. The molecular formula is C12H15N3O2S. The van der Waals surface area contributed by atoms with Crippen molar-refractivity contribution in [3.05, 3.63) is 23.7 Å². The number of thiazole rings is 1. The lowest BCUT2D eigenvalue weighted by atomic mass is 10.1. The molecule has 1 N–H and O–H groups in total. The molecule has 18 heavy (non-hydrogen) atoms.